The maximum atomic E-state index is 13.0. The Morgan fingerprint density at radius 3 is 2.70 bits per heavy atom. The van der Waals surface area contributed by atoms with Gasteiger partial charge in [-0.3, -0.25) is 19.1 Å². The Bertz CT molecular complexity index is 1170. The van der Waals surface area contributed by atoms with Gasteiger partial charge in [0.05, 0.1) is 10.9 Å². The number of carbonyl (C=O) groups excluding carboxylic acids is 1. The first kappa shape index (κ1) is 17.2. The van der Waals surface area contributed by atoms with Crippen molar-refractivity contribution < 1.29 is 4.79 Å². The van der Waals surface area contributed by atoms with Crippen molar-refractivity contribution in [1.82, 2.24) is 14.5 Å². The van der Waals surface area contributed by atoms with Gasteiger partial charge in [-0.1, -0.05) is 18.2 Å². The van der Waals surface area contributed by atoms with E-state index in [2.05, 4.69) is 15.3 Å². The molecular weight excluding hydrogens is 344 g/mol. The summed E-state index contributed by atoms with van der Waals surface area (Å²) in [6.45, 7) is 4.06. The first-order valence-electron chi connectivity index (χ1n) is 9.04. The number of benzene rings is 1. The first-order valence-corrected chi connectivity index (χ1v) is 9.04. The van der Waals surface area contributed by atoms with Crippen LogP contribution in [0.4, 0.5) is 5.69 Å². The highest BCUT2D eigenvalue weighted by atomic mass is 16.2. The number of hydrogen-bond acceptors (Lipinski definition) is 4. The molecule has 1 aromatic carbocycles. The molecule has 0 radical (unpaired) electrons. The summed E-state index contributed by atoms with van der Waals surface area (Å²) in [6, 6.07) is 9.13. The lowest BCUT2D eigenvalue weighted by atomic mass is 10.1. The SMILES string of the molecule is CCn1c(=O)[nH]c(=O)c2c(C(=O)Nc3ccccc3C)cc(C3CC3)nc21. The highest BCUT2D eigenvalue weighted by molar-refractivity contribution is 6.12. The van der Waals surface area contributed by atoms with Gasteiger partial charge in [-0.05, 0) is 44.4 Å². The number of amides is 1. The fourth-order valence-corrected chi connectivity index (χ4v) is 3.26. The molecule has 0 saturated heterocycles. The zero-order valence-corrected chi connectivity index (χ0v) is 15.2. The van der Waals surface area contributed by atoms with Crippen molar-refractivity contribution in [2.75, 3.05) is 5.32 Å². The van der Waals surface area contributed by atoms with Crippen molar-refractivity contribution in [3.8, 4) is 0 Å². The second-order valence-electron chi connectivity index (χ2n) is 6.84. The third-order valence-electron chi connectivity index (χ3n) is 4.92. The van der Waals surface area contributed by atoms with Crippen LogP contribution in [0.3, 0.4) is 0 Å². The van der Waals surface area contributed by atoms with Crippen molar-refractivity contribution in [3.05, 3.63) is 68.0 Å². The van der Waals surface area contributed by atoms with Crippen LogP contribution in [0, 0.1) is 6.92 Å². The van der Waals surface area contributed by atoms with Crippen LogP contribution in [0.2, 0.25) is 0 Å². The molecule has 1 aliphatic carbocycles. The normalized spacial score (nSPS) is 13.7. The number of aromatic nitrogens is 3. The summed E-state index contributed by atoms with van der Waals surface area (Å²) in [5, 5.41) is 3.02. The van der Waals surface area contributed by atoms with Crippen LogP contribution in [-0.2, 0) is 6.54 Å². The van der Waals surface area contributed by atoms with Crippen molar-refractivity contribution in [3.63, 3.8) is 0 Å². The molecule has 0 aliphatic heterocycles. The van der Waals surface area contributed by atoms with Gasteiger partial charge in [0.25, 0.3) is 11.5 Å². The van der Waals surface area contributed by atoms with E-state index in [1.165, 1.54) is 4.57 Å². The minimum Gasteiger partial charge on any atom is -0.322 e. The lowest BCUT2D eigenvalue weighted by Crippen LogP contribution is -2.32. The highest BCUT2D eigenvalue weighted by Crippen LogP contribution is 2.40. The molecule has 27 heavy (non-hydrogen) atoms. The van der Waals surface area contributed by atoms with Crippen molar-refractivity contribution >= 4 is 22.6 Å². The summed E-state index contributed by atoms with van der Waals surface area (Å²) >= 11 is 0. The topological polar surface area (TPSA) is 96.9 Å². The van der Waals surface area contributed by atoms with E-state index >= 15 is 0 Å². The number of nitrogens with zero attached hydrogens (tertiary/aromatic N) is 2. The molecule has 1 saturated carbocycles. The predicted octanol–water partition coefficient (Wildman–Crippen LogP) is 2.54. The lowest BCUT2D eigenvalue weighted by Gasteiger charge is -2.13. The molecule has 1 aliphatic rings. The fourth-order valence-electron chi connectivity index (χ4n) is 3.26. The molecule has 0 unspecified atom stereocenters. The number of hydrogen-bond donors (Lipinski definition) is 2. The summed E-state index contributed by atoms with van der Waals surface area (Å²) in [5.74, 6) is -0.107. The molecule has 0 bridgehead atoms. The molecule has 138 valence electrons. The number of carbonyl (C=O) groups is 1. The van der Waals surface area contributed by atoms with Gasteiger partial charge in [0.2, 0.25) is 0 Å². The third kappa shape index (κ3) is 3.05. The van der Waals surface area contributed by atoms with E-state index in [4.69, 9.17) is 0 Å². The highest BCUT2D eigenvalue weighted by Gasteiger charge is 2.28. The van der Waals surface area contributed by atoms with Crippen molar-refractivity contribution in [1.29, 1.82) is 0 Å². The van der Waals surface area contributed by atoms with Gasteiger partial charge in [-0.2, -0.15) is 0 Å². The molecule has 3 aromatic rings. The van der Waals surface area contributed by atoms with E-state index < -0.39 is 11.2 Å². The van der Waals surface area contributed by atoms with Gasteiger partial charge in [0, 0.05) is 23.8 Å². The number of rotatable bonds is 4. The van der Waals surface area contributed by atoms with E-state index in [0.717, 1.165) is 24.1 Å². The zero-order chi connectivity index (χ0) is 19.1. The van der Waals surface area contributed by atoms with E-state index in [1.54, 1.807) is 13.0 Å². The van der Waals surface area contributed by atoms with Crippen LogP contribution < -0.4 is 16.6 Å². The molecule has 1 fully saturated rings. The van der Waals surface area contributed by atoms with E-state index in [1.807, 2.05) is 31.2 Å². The summed E-state index contributed by atoms with van der Waals surface area (Å²) < 4.78 is 1.40. The lowest BCUT2D eigenvalue weighted by molar-refractivity contribution is 0.102. The van der Waals surface area contributed by atoms with E-state index in [0.29, 0.717) is 12.2 Å². The van der Waals surface area contributed by atoms with Crippen LogP contribution in [0.1, 0.15) is 47.3 Å². The molecule has 0 spiro atoms. The van der Waals surface area contributed by atoms with E-state index in [-0.39, 0.29) is 28.4 Å². The van der Waals surface area contributed by atoms with Crippen LogP contribution in [0.15, 0.2) is 39.9 Å². The Hall–Kier alpha value is -3.22. The molecule has 7 nitrogen and oxygen atoms in total. The summed E-state index contributed by atoms with van der Waals surface area (Å²) in [4.78, 5) is 44.6. The number of fused-ring (bicyclic) bond motifs is 1. The summed E-state index contributed by atoms with van der Waals surface area (Å²) in [7, 11) is 0. The standard InChI is InChI=1S/C20H20N4O3/c1-3-24-17-16(19(26)23-20(24)27)13(10-15(21-17)12-8-9-12)18(25)22-14-7-5-4-6-11(14)2/h4-7,10,12H,3,8-9H2,1-2H3,(H,22,25)(H,23,26,27). The number of para-hydroxylation sites is 1. The Morgan fingerprint density at radius 2 is 2.04 bits per heavy atom. The van der Waals surface area contributed by atoms with Gasteiger partial charge in [0.15, 0.2) is 5.65 Å². The number of nitrogens with one attached hydrogen (secondary N) is 2. The largest absolute Gasteiger partial charge is 0.329 e. The van der Waals surface area contributed by atoms with Crippen LogP contribution in [0.25, 0.3) is 11.0 Å². The maximum absolute atomic E-state index is 13.0. The Kier molecular flexibility index (Phi) is 4.14. The van der Waals surface area contributed by atoms with Crippen molar-refractivity contribution in [2.24, 2.45) is 0 Å². The first-order chi connectivity index (χ1) is 13.0. The molecule has 2 N–H and O–H groups in total. The van der Waals surface area contributed by atoms with Crippen LogP contribution in [-0.4, -0.2) is 20.4 Å². The molecular formula is C20H20N4O3. The third-order valence-corrected chi connectivity index (χ3v) is 4.92. The zero-order valence-electron chi connectivity index (χ0n) is 15.2. The predicted molar refractivity (Wildman–Crippen MR) is 103 cm³/mol. The van der Waals surface area contributed by atoms with Crippen molar-refractivity contribution in [2.45, 2.75) is 39.2 Å². The Balaban J connectivity index is 1.93. The second-order valence-corrected chi connectivity index (χ2v) is 6.84. The average Bonchev–Trinajstić information content (AvgIpc) is 3.48. The summed E-state index contributed by atoms with van der Waals surface area (Å²) in [5.41, 5.74) is 1.76. The Morgan fingerprint density at radius 1 is 1.30 bits per heavy atom. The molecule has 0 atom stereocenters. The van der Waals surface area contributed by atoms with Gasteiger partial charge < -0.3 is 5.32 Å². The Labute approximate surface area is 155 Å². The van der Waals surface area contributed by atoms with Gasteiger partial charge in [-0.25, -0.2) is 9.78 Å². The molecule has 2 aromatic heterocycles. The quantitative estimate of drug-likeness (QED) is 0.743. The number of anilines is 1. The van der Waals surface area contributed by atoms with Gasteiger partial charge in [-0.15, -0.1) is 0 Å². The number of aryl methyl sites for hydroxylation is 2. The summed E-state index contributed by atoms with van der Waals surface area (Å²) in [6.07, 6.45) is 1.99. The van der Waals surface area contributed by atoms with Gasteiger partial charge in [0.1, 0.15) is 0 Å². The minimum absolute atomic E-state index is 0.145. The maximum Gasteiger partial charge on any atom is 0.329 e. The van der Waals surface area contributed by atoms with E-state index in [9.17, 15) is 14.4 Å². The average molecular weight is 364 g/mol. The minimum atomic E-state index is -0.593. The molecule has 4 rings (SSSR count). The number of pyridine rings is 1. The molecule has 2 heterocycles. The van der Waals surface area contributed by atoms with Gasteiger partial charge >= 0.3 is 5.69 Å². The molecule has 7 heteroatoms. The smallest absolute Gasteiger partial charge is 0.322 e. The van der Waals surface area contributed by atoms with Crippen LogP contribution >= 0.6 is 0 Å². The number of aromatic amines is 1. The second kappa shape index (κ2) is 6.50. The fraction of sp³-hybridized carbons (Fsp3) is 0.300. The number of H-pyrrole nitrogens is 1. The molecule has 1 amide bonds. The van der Waals surface area contributed by atoms with Crippen LogP contribution in [0.5, 0.6) is 0 Å². The monoisotopic (exact) mass is 364 g/mol.